The number of nitrogens with zero attached hydrogens (tertiary/aromatic N) is 1. The van der Waals surface area contributed by atoms with E-state index in [2.05, 4.69) is 5.32 Å². The molecule has 3 rings (SSSR count). The minimum absolute atomic E-state index is 0.0108. The van der Waals surface area contributed by atoms with Crippen molar-refractivity contribution in [2.75, 3.05) is 16.8 Å². The second-order valence-electron chi connectivity index (χ2n) is 6.12. The van der Waals surface area contributed by atoms with Crippen molar-refractivity contribution in [3.05, 3.63) is 59.7 Å². The van der Waals surface area contributed by atoms with Crippen LogP contribution in [0.2, 0.25) is 0 Å². The number of anilines is 2. The highest BCUT2D eigenvalue weighted by Crippen LogP contribution is 2.27. The van der Waals surface area contributed by atoms with Crippen LogP contribution in [0.4, 0.5) is 20.2 Å². The van der Waals surface area contributed by atoms with Crippen molar-refractivity contribution in [2.45, 2.75) is 13.3 Å². The molecule has 1 atom stereocenters. The van der Waals surface area contributed by atoms with E-state index in [0.29, 0.717) is 17.3 Å². The summed E-state index contributed by atoms with van der Waals surface area (Å²) in [6.45, 7) is 1.60. The van der Waals surface area contributed by atoms with E-state index < -0.39 is 23.5 Å². The first-order valence-corrected chi connectivity index (χ1v) is 8.02. The molecule has 1 aliphatic heterocycles. The summed E-state index contributed by atoms with van der Waals surface area (Å²) in [5.74, 6) is -3.09. The lowest BCUT2D eigenvalue weighted by atomic mass is 10.1. The maximum Gasteiger partial charge on any atom is 0.229 e. The molecule has 7 heteroatoms. The Morgan fingerprint density at radius 3 is 2.42 bits per heavy atom. The quantitative estimate of drug-likeness (QED) is 0.854. The minimum Gasteiger partial charge on any atom is -0.323 e. The van der Waals surface area contributed by atoms with Gasteiger partial charge in [-0.25, -0.2) is 8.78 Å². The molecular weight excluding hydrogens is 342 g/mol. The topological polar surface area (TPSA) is 66.5 Å². The summed E-state index contributed by atoms with van der Waals surface area (Å²) in [4.78, 5) is 37.3. The Balaban J connectivity index is 1.70. The molecule has 5 nitrogen and oxygen atoms in total. The molecule has 0 spiro atoms. The second kappa shape index (κ2) is 7.03. The third-order valence-electron chi connectivity index (χ3n) is 4.27. The number of carbonyl (C=O) groups excluding carboxylic acids is 3. The summed E-state index contributed by atoms with van der Waals surface area (Å²) in [7, 11) is 0. The summed E-state index contributed by atoms with van der Waals surface area (Å²) in [6.07, 6.45) is -0.0108. The number of rotatable bonds is 4. The molecule has 1 unspecified atom stereocenters. The van der Waals surface area contributed by atoms with Crippen LogP contribution in [0.3, 0.4) is 0 Å². The zero-order valence-corrected chi connectivity index (χ0v) is 14.0. The van der Waals surface area contributed by atoms with Gasteiger partial charge in [0, 0.05) is 30.3 Å². The van der Waals surface area contributed by atoms with Gasteiger partial charge in [-0.15, -0.1) is 0 Å². The fourth-order valence-corrected chi connectivity index (χ4v) is 2.83. The molecule has 1 aliphatic rings. The number of halogens is 2. The fourth-order valence-electron chi connectivity index (χ4n) is 2.83. The van der Waals surface area contributed by atoms with E-state index in [4.69, 9.17) is 0 Å². The van der Waals surface area contributed by atoms with Gasteiger partial charge < -0.3 is 10.2 Å². The van der Waals surface area contributed by atoms with Crippen molar-refractivity contribution in [3.63, 3.8) is 0 Å². The van der Waals surface area contributed by atoms with E-state index in [-0.39, 0.29) is 30.3 Å². The number of hydrogen-bond acceptors (Lipinski definition) is 3. The molecular formula is C19H16F2N2O3. The Morgan fingerprint density at radius 1 is 1.12 bits per heavy atom. The van der Waals surface area contributed by atoms with E-state index in [1.54, 1.807) is 24.3 Å². The van der Waals surface area contributed by atoms with Crippen LogP contribution in [0.25, 0.3) is 0 Å². The van der Waals surface area contributed by atoms with Crippen LogP contribution in [0, 0.1) is 17.6 Å². The molecule has 1 heterocycles. The molecule has 134 valence electrons. The van der Waals surface area contributed by atoms with E-state index in [9.17, 15) is 23.2 Å². The summed E-state index contributed by atoms with van der Waals surface area (Å²) in [5, 5.41) is 2.39. The highest BCUT2D eigenvalue weighted by Gasteiger charge is 2.35. The first-order chi connectivity index (χ1) is 12.3. The van der Waals surface area contributed by atoms with Crippen molar-refractivity contribution in [1.82, 2.24) is 0 Å². The van der Waals surface area contributed by atoms with E-state index in [1.165, 1.54) is 11.8 Å². The van der Waals surface area contributed by atoms with Crippen LogP contribution in [0.1, 0.15) is 23.7 Å². The van der Waals surface area contributed by atoms with E-state index in [0.717, 1.165) is 12.1 Å². The normalized spacial score (nSPS) is 16.7. The number of hydrogen-bond donors (Lipinski definition) is 1. The Kier molecular flexibility index (Phi) is 4.79. The SMILES string of the molecule is CC(=O)c1ccc(N2CC(C(=O)Nc3ccc(F)cc3F)CC2=O)cc1. The molecule has 2 amide bonds. The molecule has 0 bridgehead atoms. The van der Waals surface area contributed by atoms with Crippen LogP contribution in [-0.4, -0.2) is 24.1 Å². The molecule has 0 aromatic heterocycles. The van der Waals surface area contributed by atoms with Gasteiger partial charge in [0.25, 0.3) is 0 Å². The van der Waals surface area contributed by atoms with Gasteiger partial charge in [0.1, 0.15) is 11.6 Å². The van der Waals surface area contributed by atoms with Crippen molar-refractivity contribution < 1.29 is 23.2 Å². The van der Waals surface area contributed by atoms with Crippen LogP contribution in [0.5, 0.6) is 0 Å². The number of carbonyl (C=O) groups is 3. The monoisotopic (exact) mass is 358 g/mol. The predicted octanol–water partition coefficient (Wildman–Crippen LogP) is 3.16. The third-order valence-corrected chi connectivity index (χ3v) is 4.27. The number of nitrogens with one attached hydrogen (secondary N) is 1. The number of ketones is 1. The highest BCUT2D eigenvalue weighted by molar-refractivity contribution is 6.04. The van der Waals surface area contributed by atoms with Gasteiger partial charge in [0.05, 0.1) is 11.6 Å². The number of amides is 2. The maximum atomic E-state index is 13.7. The standard InChI is InChI=1S/C19H16F2N2O3/c1-11(24)12-2-5-15(6-3-12)23-10-13(8-18(23)25)19(26)22-17-7-4-14(20)9-16(17)21/h2-7,9,13H,8,10H2,1H3,(H,22,26). The van der Waals surface area contributed by atoms with Crippen molar-refractivity contribution in [2.24, 2.45) is 5.92 Å². The Labute approximate surface area is 148 Å². The summed E-state index contributed by atoms with van der Waals surface area (Å²) in [6, 6.07) is 9.39. The lowest BCUT2D eigenvalue weighted by molar-refractivity contribution is -0.122. The molecule has 2 aromatic rings. The average Bonchev–Trinajstić information content (AvgIpc) is 2.99. The van der Waals surface area contributed by atoms with Crippen molar-refractivity contribution >= 4 is 29.0 Å². The van der Waals surface area contributed by atoms with Gasteiger partial charge in [-0.1, -0.05) is 0 Å². The Morgan fingerprint density at radius 2 is 1.81 bits per heavy atom. The lowest BCUT2D eigenvalue weighted by Crippen LogP contribution is -2.28. The zero-order chi connectivity index (χ0) is 18.8. The highest BCUT2D eigenvalue weighted by atomic mass is 19.1. The lowest BCUT2D eigenvalue weighted by Gasteiger charge is -2.17. The van der Waals surface area contributed by atoms with Crippen LogP contribution >= 0.6 is 0 Å². The molecule has 0 aliphatic carbocycles. The van der Waals surface area contributed by atoms with Gasteiger partial charge in [-0.05, 0) is 43.3 Å². The van der Waals surface area contributed by atoms with Gasteiger partial charge >= 0.3 is 0 Å². The summed E-state index contributed by atoms with van der Waals surface area (Å²) < 4.78 is 26.6. The molecule has 1 fully saturated rings. The van der Waals surface area contributed by atoms with Crippen LogP contribution in [0.15, 0.2) is 42.5 Å². The molecule has 0 saturated carbocycles. The fraction of sp³-hybridized carbons (Fsp3) is 0.211. The van der Waals surface area contributed by atoms with E-state index in [1.807, 2.05) is 0 Å². The predicted molar refractivity (Wildman–Crippen MR) is 91.9 cm³/mol. The van der Waals surface area contributed by atoms with Gasteiger partial charge in [-0.3, -0.25) is 14.4 Å². The number of benzene rings is 2. The number of Topliss-reactive ketones (excluding diaryl/α,β-unsaturated/α-hetero) is 1. The van der Waals surface area contributed by atoms with Gasteiger partial charge in [0.2, 0.25) is 11.8 Å². The van der Waals surface area contributed by atoms with Gasteiger partial charge in [0.15, 0.2) is 5.78 Å². The maximum absolute atomic E-state index is 13.7. The van der Waals surface area contributed by atoms with Crippen molar-refractivity contribution in [3.8, 4) is 0 Å². The second-order valence-corrected chi connectivity index (χ2v) is 6.12. The molecule has 1 saturated heterocycles. The van der Waals surface area contributed by atoms with E-state index >= 15 is 0 Å². The first kappa shape index (κ1) is 17.7. The average molecular weight is 358 g/mol. The van der Waals surface area contributed by atoms with Gasteiger partial charge in [-0.2, -0.15) is 0 Å². The molecule has 26 heavy (non-hydrogen) atoms. The summed E-state index contributed by atoms with van der Waals surface area (Å²) in [5.41, 5.74) is 0.984. The minimum atomic E-state index is -0.876. The third kappa shape index (κ3) is 3.61. The Hall–Kier alpha value is -3.09. The first-order valence-electron chi connectivity index (χ1n) is 8.02. The van der Waals surface area contributed by atoms with Crippen LogP contribution in [-0.2, 0) is 9.59 Å². The zero-order valence-electron chi connectivity index (χ0n) is 14.0. The molecule has 0 radical (unpaired) electrons. The molecule has 2 aromatic carbocycles. The summed E-state index contributed by atoms with van der Waals surface area (Å²) >= 11 is 0. The Bertz CT molecular complexity index is 881. The van der Waals surface area contributed by atoms with Crippen molar-refractivity contribution in [1.29, 1.82) is 0 Å². The smallest absolute Gasteiger partial charge is 0.229 e. The molecule has 1 N–H and O–H groups in total. The largest absolute Gasteiger partial charge is 0.323 e. The van der Waals surface area contributed by atoms with Crippen LogP contribution < -0.4 is 10.2 Å².